The van der Waals surface area contributed by atoms with Crippen molar-refractivity contribution in [1.82, 2.24) is 4.98 Å². The molecule has 2 rings (SSSR count). The van der Waals surface area contributed by atoms with Crippen LogP contribution in [0.2, 0.25) is 0 Å². The van der Waals surface area contributed by atoms with Crippen LogP contribution < -0.4 is 10.0 Å². The van der Waals surface area contributed by atoms with Gasteiger partial charge >= 0.3 is 0 Å². The molecule has 104 valence electrons. The first-order valence-electron chi connectivity index (χ1n) is 6.15. The van der Waals surface area contributed by atoms with Crippen molar-refractivity contribution in [3.63, 3.8) is 0 Å². The summed E-state index contributed by atoms with van der Waals surface area (Å²) >= 11 is 0. The van der Waals surface area contributed by atoms with E-state index in [1.807, 2.05) is 19.1 Å². The smallest absolute Gasteiger partial charge is 0.228 e. The molecule has 0 aliphatic carbocycles. The maximum atomic E-state index is 12.0. The van der Waals surface area contributed by atoms with Crippen molar-refractivity contribution in [2.75, 3.05) is 17.2 Å². The topological polar surface area (TPSA) is 93.4 Å². The predicted octanol–water partition coefficient (Wildman–Crippen LogP) is 0.285. The van der Waals surface area contributed by atoms with Gasteiger partial charge in [-0.05, 0) is 18.1 Å². The first-order chi connectivity index (χ1) is 8.90. The Kier molecular flexibility index (Phi) is 3.86. The number of hydrogen-bond donors (Lipinski definition) is 1. The maximum absolute atomic E-state index is 12.0. The summed E-state index contributed by atoms with van der Waals surface area (Å²) in [4.78, 5) is 17.8. The lowest BCUT2D eigenvalue weighted by molar-refractivity contribution is -0.117. The van der Waals surface area contributed by atoms with Gasteiger partial charge in [-0.2, -0.15) is 0 Å². The third-order valence-corrected chi connectivity index (χ3v) is 4.11. The number of sulfonamides is 1. The van der Waals surface area contributed by atoms with Crippen molar-refractivity contribution in [2.45, 2.75) is 19.8 Å². The lowest BCUT2D eigenvalue weighted by Crippen LogP contribution is -2.28. The second-order valence-electron chi connectivity index (χ2n) is 4.74. The monoisotopic (exact) mass is 283 g/mol. The fraction of sp³-hybridized carbons (Fsp3) is 0.500. The Bertz CT molecular complexity index is 586. The van der Waals surface area contributed by atoms with Crippen LogP contribution in [0.1, 0.15) is 18.9 Å². The molecule has 0 spiro atoms. The van der Waals surface area contributed by atoms with E-state index in [-0.39, 0.29) is 24.0 Å². The molecule has 7 heteroatoms. The van der Waals surface area contributed by atoms with E-state index < -0.39 is 10.0 Å². The van der Waals surface area contributed by atoms with Crippen molar-refractivity contribution in [3.8, 4) is 0 Å². The summed E-state index contributed by atoms with van der Waals surface area (Å²) in [6.07, 6.45) is 2.61. The number of rotatable bonds is 4. The molecule has 0 bridgehead atoms. The van der Waals surface area contributed by atoms with Gasteiger partial charge in [-0.15, -0.1) is 0 Å². The number of nitrogens with zero attached hydrogens (tertiary/aromatic N) is 2. The highest BCUT2D eigenvalue weighted by Gasteiger charge is 2.34. The molecule has 19 heavy (non-hydrogen) atoms. The van der Waals surface area contributed by atoms with Crippen LogP contribution in [0.15, 0.2) is 18.3 Å². The Balaban J connectivity index is 2.20. The summed E-state index contributed by atoms with van der Waals surface area (Å²) in [6, 6.07) is 3.74. The zero-order valence-corrected chi connectivity index (χ0v) is 11.6. The molecule has 2 heterocycles. The van der Waals surface area contributed by atoms with E-state index in [0.29, 0.717) is 12.4 Å². The molecule has 0 aromatic carbocycles. The van der Waals surface area contributed by atoms with Gasteiger partial charge in [-0.1, -0.05) is 13.0 Å². The van der Waals surface area contributed by atoms with E-state index in [4.69, 9.17) is 5.14 Å². The number of aryl methyl sites for hydroxylation is 1. The minimum absolute atomic E-state index is 0.0953. The summed E-state index contributed by atoms with van der Waals surface area (Å²) in [7, 11) is -3.55. The molecule has 1 amide bonds. The zero-order chi connectivity index (χ0) is 14.0. The molecule has 1 fully saturated rings. The first-order valence-corrected chi connectivity index (χ1v) is 7.87. The van der Waals surface area contributed by atoms with Gasteiger partial charge in [0.05, 0.1) is 5.75 Å². The Hall–Kier alpha value is -1.47. The van der Waals surface area contributed by atoms with Gasteiger partial charge in [0.15, 0.2) is 0 Å². The van der Waals surface area contributed by atoms with E-state index in [9.17, 15) is 13.2 Å². The summed E-state index contributed by atoms with van der Waals surface area (Å²) < 4.78 is 22.2. The minimum atomic E-state index is -3.55. The molecular weight excluding hydrogens is 266 g/mol. The van der Waals surface area contributed by atoms with Gasteiger partial charge in [0.1, 0.15) is 5.82 Å². The van der Waals surface area contributed by atoms with Crippen molar-refractivity contribution in [2.24, 2.45) is 11.1 Å². The standard InChI is InChI=1S/C12H17N3O3S/c1-2-10-4-3-5-14-12(10)15-7-9(6-11(15)16)8-19(13,17)18/h3-5,9H,2,6-8H2,1H3,(H2,13,17,18). The number of primary sulfonamides is 1. The average Bonchev–Trinajstić information content (AvgIpc) is 2.67. The highest BCUT2D eigenvalue weighted by Crippen LogP contribution is 2.26. The largest absolute Gasteiger partial charge is 0.296 e. The summed E-state index contributed by atoms with van der Waals surface area (Å²) in [5.74, 6) is 0.118. The Labute approximate surface area is 112 Å². The van der Waals surface area contributed by atoms with Crippen LogP contribution in [0.25, 0.3) is 0 Å². The zero-order valence-electron chi connectivity index (χ0n) is 10.7. The summed E-state index contributed by atoms with van der Waals surface area (Å²) in [6.45, 7) is 2.35. The number of carbonyl (C=O) groups is 1. The molecule has 1 aromatic heterocycles. The first kappa shape index (κ1) is 14.0. The second-order valence-corrected chi connectivity index (χ2v) is 6.40. The average molecular weight is 283 g/mol. The van der Waals surface area contributed by atoms with Gasteiger partial charge in [0.25, 0.3) is 0 Å². The molecule has 6 nitrogen and oxygen atoms in total. The fourth-order valence-electron chi connectivity index (χ4n) is 2.38. The van der Waals surface area contributed by atoms with Crippen molar-refractivity contribution >= 4 is 21.7 Å². The molecule has 1 aromatic rings. The Morgan fingerprint density at radius 2 is 2.26 bits per heavy atom. The van der Waals surface area contributed by atoms with Crippen molar-refractivity contribution in [1.29, 1.82) is 0 Å². The van der Waals surface area contributed by atoms with Gasteiger partial charge < -0.3 is 0 Å². The number of nitrogens with two attached hydrogens (primary N) is 1. The SMILES string of the molecule is CCc1cccnc1N1CC(CS(N)(=O)=O)CC1=O. The number of hydrogen-bond acceptors (Lipinski definition) is 4. The van der Waals surface area contributed by atoms with Crippen molar-refractivity contribution < 1.29 is 13.2 Å². The van der Waals surface area contributed by atoms with E-state index in [2.05, 4.69) is 4.98 Å². The highest BCUT2D eigenvalue weighted by atomic mass is 32.2. The highest BCUT2D eigenvalue weighted by molar-refractivity contribution is 7.89. The van der Waals surface area contributed by atoms with Crippen LogP contribution in [-0.2, 0) is 21.2 Å². The normalized spacial score (nSPS) is 20.0. The Morgan fingerprint density at radius 3 is 2.89 bits per heavy atom. The fourth-order valence-corrected chi connectivity index (χ4v) is 3.26. The third kappa shape index (κ3) is 3.30. The molecule has 1 unspecified atom stereocenters. The quantitative estimate of drug-likeness (QED) is 0.859. The van der Waals surface area contributed by atoms with Gasteiger partial charge in [-0.3, -0.25) is 9.69 Å². The lowest BCUT2D eigenvalue weighted by atomic mass is 10.1. The molecule has 0 radical (unpaired) electrons. The number of carbonyl (C=O) groups excluding carboxylic acids is 1. The van der Waals surface area contributed by atoms with Gasteiger partial charge in [0.2, 0.25) is 15.9 Å². The predicted molar refractivity (Wildman–Crippen MR) is 72.0 cm³/mol. The van der Waals surface area contributed by atoms with E-state index >= 15 is 0 Å². The molecule has 1 saturated heterocycles. The third-order valence-electron chi connectivity index (χ3n) is 3.18. The molecule has 1 aliphatic rings. The molecule has 1 atom stereocenters. The second kappa shape index (κ2) is 5.26. The van der Waals surface area contributed by atoms with Crippen LogP contribution >= 0.6 is 0 Å². The van der Waals surface area contributed by atoms with E-state index in [0.717, 1.165) is 12.0 Å². The molecule has 0 saturated carbocycles. The number of amides is 1. The summed E-state index contributed by atoms with van der Waals surface area (Å²) in [5.41, 5.74) is 0.979. The summed E-state index contributed by atoms with van der Waals surface area (Å²) in [5, 5.41) is 5.03. The minimum Gasteiger partial charge on any atom is -0.296 e. The van der Waals surface area contributed by atoms with Crippen LogP contribution in [-0.4, -0.2) is 31.6 Å². The molecular formula is C12H17N3O3S. The lowest BCUT2D eigenvalue weighted by Gasteiger charge is -2.18. The Morgan fingerprint density at radius 1 is 1.53 bits per heavy atom. The van der Waals surface area contributed by atoms with Gasteiger partial charge in [-0.25, -0.2) is 18.5 Å². The van der Waals surface area contributed by atoms with Gasteiger partial charge in [0, 0.05) is 25.1 Å². The molecule has 2 N–H and O–H groups in total. The molecule has 1 aliphatic heterocycles. The van der Waals surface area contributed by atoms with Crippen molar-refractivity contribution in [3.05, 3.63) is 23.9 Å². The van der Waals surface area contributed by atoms with Crippen LogP contribution in [0.5, 0.6) is 0 Å². The van der Waals surface area contributed by atoms with E-state index in [1.54, 1.807) is 11.1 Å². The number of aromatic nitrogens is 1. The number of pyridine rings is 1. The van der Waals surface area contributed by atoms with E-state index in [1.165, 1.54) is 0 Å². The van der Waals surface area contributed by atoms with Crippen LogP contribution in [0.3, 0.4) is 0 Å². The number of anilines is 1. The van der Waals surface area contributed by atoms with Crippen LogP contribution in [0, 0.1) is 5.92 Å². The maximum Gasteiger partial charge on any atom is 0.228 e. The van der Waals surface area contributed by atoms with Crippen LogP contribution in [0.4, 0.5) is 5.82 Å².